The average molecular weight is 459 g/mol. The number of ether oxygens (including phenoxy) is 3. The normalized spacial score (nSPS) is 39.0. The summed E-state index contributed by atoms with van der Waals surface area (Å²) in [4.78, 5) is 25.8. The Kier molecular flexibility index (Phi) is 4.85. The van der Waals surface area contributed by atoms with E-state index in [1.807, 2.05) is 20.8 Å². The van der Waals surface area contributed by atoms with E-state index in [-0.39, 0.29) is 5.92 Å². The number of carbonyl (C=O) groups is 2. The van der Waals surface area contributed by atoms with Crippen molar-refractivity contribution in [2.24, 2.45) is 11.3 Å². The Hall–Kier alpha value is -2.58. The maximum absolute atomic E-state index is 13.0. The number of esters is 2. The fraction of sp³-hybridized carbons (Fsp3) is 0.600. The second kappa shape index (κ2) is 7.21. The van der Waals surface area contributed by atoms with Crippen LogP contribution in [0.4, 0.5) is 0 Å². The molecule has 3 heterocycles. The molecule has 0 amide bonds. The molecule has 2 saturated carbocycles. The van der Waals surface area contributed by atoms with Gasteiger partial charge in [-0.1, -0.05) is 0 Å². The molecule has 2 aromatic heterocycles. The fourth-order valence-corrected chi connectivity index (χ4v) is 6.43. The second-order valence-electron chi connectivity index (χ2n) is 10.6. The average Bonchev–Trinajstić information content (AvgIpc) is 3.49. The van der Waals surface area contributed by atoms with Crippen LogP contribution in [0.5, 0.6) is 0 Å². The highest BCUT2D eigenvalue weighted by Crippen LogP contribution is 2.67. The molecule has 0 aromatic carbocycles. The van der Waals surface area contributed by atoms with Gasteiger partial charge in [0.15, 0.2) is 0 Å². The lowest BCUT2D eigenvalue weighted by molar-refractivity contribution is -0.302. The van der Waals surface area contributed by atoms with Crippen LogP contribution in [-0.4, -0.2) is 46.1 Å². The zero-order chi connectivity index (χ0) is 23.6. The summed E-state index contributed by atoms with van der Waals surface area (Å²) < 4.78 is 28.9. The van der Waals surface area contributed by atoms with E-state index in [0.717, 1.165) is 0 Å². The zero-order valence-electron chi connectivity index (χ0n) is 19.3. The van der Waals surface area contributed by atoms with Gasteiger partial charge in [-0.25, -0.2) is 9.59 Å². The van der Waals surface area contributed by atoms with E-state index in [9.17, 15) is 14.7 Å². The van der Waals surface area contributed by atoms with E-state index in [0.29, 0.717) is 36.8 Å². The molecule has 2 bridgehead atoms. The van der Waals surface area contributed by atoms with E-state index < -0.39 is 46.4 Å². The summed E-state index contributed by atoms with van der Waals surface area (Å²) in [6.45, 7) is 7.70. The third-order valence-electron chi connectivity index (χ3n) is 8.44. The third kappa shape index (κ3) is 3.10. The molecule has 1 spiro atoms. The van der Waals surface area contributed by atoms with Crippen molar-refractivity contribution in [2.75, 3.05) is 0 Å². The number of rotatable bonds is 4. The van der Waals surface area contributed by atoms with Gasteiger partial charge in [0.25, 0.3) is 0 Å². The smallest absolute Gasteiger partial charge is 0.341 e. The first-order valence-electron chi connectivity index (χ1n) is 11.4. The molecule has 2 aliphatic carbocycles. The molecule has 2 aromatic rings. The molecule has 1 aliphatic heterocycles. The molecule has 6 atom stereocenters. The number of fused-ring (bicyclic) bond motifs is 1. The number of furan rings is 2. The van der Waals surface area contributed by atoms with Crippen LogP contribution < -0.4 is 0 Å². The van der Waals surface area contributed by atoms with Crippen LogP contribution in [0, 0.1) is 11.3 Å². The van der Waals surface area contributed by atoms with E-state index in [1.165, 1.54) is 25.1 Å². The van der Waals surface area contributed by atoms with Gasteiger partial charge in [-0.15, -0.1) is 0 Å². The first kappa shape index (κ1) is 22.2. The maximum Gasteiger partial charge on any atom is 0.341 e. The summed E-state index contributed by atoms with van der Waals surface area (Å²) in [5.41, 5.74) is -3.19. The van der Waals surface area contributed by atoms with E-state index in [2.05, 4.69) is 0 Å². The van der Waals surface area contributed by atoms with E-state index in [1.54, 1.807) is 19.1 Å². The number of hydrogen-bond donors (Lipinski definition) is 1. The first-order valence-corrected chi connectivity index (χ1v) is 11.4. The van der Waals surface area contributed by atoms with Crippen molar-refractivity contribution in [3.63, 3.8) is 0 Å². The van der Waals surface area contributed by atoms with Gasteiger partial charge in [0.05, 0.1) is 40.3 Å². The summed E-state index contributed by atoms with van der Waals surface area (Å²) in [5.74, 6) is -0.983. The zero-order valence-corrected chi connectivity index (χ0v) is 19.3. The summed E-state index contributed by atoms with van der Waals surface area (Å²) in [5, 5.41) is 11.7. The van der Waals surface area contributed by atoms with E-state index in [4.69, 9.17) is 23.0 Å². The molecule has 1 saturated heterocycles. The van der Waals surface area contributed by atoms with Crippen molar-refractivity contribution in [2.45, 2.75) is 82.4 Å². The number of hydrogen-bond acceptors (Lipinski definition) is 8. The van der Waals surface area contributed by atoms with Crippen LogP contribution >= 0.6 is 0 Å². The standard InChI is InChI=1S/C25H30O8/c1-22(2)17-11-19(32-21(27)16-7-10-30-14-16)24(4)18(31-20(26)15-6-9-29-13-15)5-8-23(3,28)25(24,12-17)33-22/h6-7,9-10,13-14,17-19,28H,5,8,11-12H2,1-4H3/t17-,18+,19+,23?,24+,25+/m1/s1. The SMILES string of the molecule is CC1(C)O[C@]23C[C@H]1C[C@H](OC(=O)c1ccoc1)[C@]2(C)[C@@H](OC(=O)c1ccoc1)CCC3(C)O. The summed E-state index contributed by atoms with van der Waals surface area (Å²) in [6, 6.07) is 3.09. The predicted octanol–water partition coefficient (Wildman–Crippen LogP) is 4.13. The Morgan fingerprint density at radius 2 is 1.55 bits per heavy atom. The van der Waals surface area contributed by atoms with Gasteiger partial charge in [0.1, 0.15) is 30.3 Å². The Morgan fingerprint density at radius 1 is 0.970 bits per heavy atom. The van der Waals surface area contributed by atoms with Crippen molar-refractivity contribution in [3.8, 4) is 0 Å². The molecule has 33 heavy (non-hydrogen) atoms. The van der Waals surface area contributed by atoms with Gasteiger partial charge in [-0.2, -0.15) is 0 Å². The molecular formula is C25H30O8. The van der Waals surface area contributed by atoms with Gasteiger partial charge in [-0.3, -0.25) is 0 Å². The van der Waals surface area contributed by atoms with Gasteiger partial charge >= 0.3 is 11.9 Å². The summed E-state index contributed by atoms with van der Waals surface area (Å²) in [6.07, 6.45) is 6.12. The number of aliphatic hydroxyl groups is 1. The van der Waals surface area contributed by atoms with Crippen molar-refractivity contribution >= 4 is 11.9 Å². The molecule has 178 valence electrons. The van der Waals surface area contributed by atoms with Crippen molar-refractivity contribution in [1.29, 1.82) is 0 Å². The van der Waals surface area contributed by atoms with Crippen LogP contribution in [0.25, 0.3) is 0 Å². The predicted molar refractivity (Wildman–Crippen MR) is 114 cm³/mol. The van der Waals surface area contributed by atoms with Gasteiger partial charge in [0.2, 0.25) is 0 Å². The molecule has 1 unspecified atom stereocenters. The largest absolute Gasteiger partial charge is 0.472 e. The molecule has 8 heteroatoms. The topological polar surface area (TPSA) is 108 Å². The minimum absolute atomic E-state index is 0.0579. The third-order valence-corrected chi connectivity index (χ3v) is 8.44. The highest BCUT2D eigenvalue weighted by Gasteiger charge is 2.77. The van der Waals surface area contributed by atoms with Crippen molar-refractivity contribution in [1.82, 2.24) is 0 Å². The molecule has 0 radical (unpaired) electrons. The van der Waals surface area contributed by atoms with Crippen LogP contribution in [0.15, 0.2) is 46.0 Å². The number of carbonyl (C=O) groups excluding carboxylic acids is 2. The molecular weight excluding hydrogens is 428 g/mol. The summed E-state index contributed by atoms with van der Waals surface area (Å²) in [7, 11) is 0. The monoisotopic (exact) mass is 458 g/mol. The Morgan fingerprint density at radius 3 is 2.09 bits per heavy atom. The van der Waals surface area contributed by atoms with Crippen molar-refractivity contribution < 1.29 is 37.7 Å². The van der Waals surface area contributed by atoms with Gasteiger partial charge in [-0.05, 0) is 71.4 Å². The minimum atomic E-state index is -1.20. The lowest BCUT2D eigenvalue weighted by Gasteiger charge is -2.62. The molecule has 3 fully saturated rings. The van der Waals surface area contributed by atoms with Crippen LogP contribution in [0.2, 0.25) is 0 Å². The van der Waals surface area contributed by atoms with Crippen molar-refractivity contribution in [3.05, 3.63) is 48.3 Å². The van der Waals surface area contributed by atoms with Crippen LogP contribution in [-0.2, 0) is 14.2 Å². The Bertz CT molecular complexity index is 1040. The maximum atomic E-state index is 13.0. The van der Waals surface area contributed by atoms with Crippen LogP contribution in [0.3, 0.4) is 0 Å². The quantitative estimate of drug-likeness (QED) is 0.682. The molecule has 8 nitrogen and oxygen atoms in total. The fourth-order valence-electron chi connectivity index (χ4n) is 6.43. The minimum Gasteiger partial charge on any atom is -0.472 e. The molecule has 1 N–H and O–H groups in total. The van der Waals surface area contributed by atoms with Gasteiger partial charge < -0.3 is 28.2 Å². The second-order valence-corrected chi connectivity index (χ2v) is 10.6. The first-order chi connectivity index (χ1) is 15.5. The lowest BCUT2D eigenvalue weighted by atomic mass is 9.49. The summed E-state index contributed by atoms with van der Waals surface area (Å²) >= 11 is 0. The molecule has 5 rings (SSSR count). The Balaban J connectivity index is 1.57. The van der Waals surface area contributed by atoms with Gasteiger partial charge in [0, 0.05) is 0 Å². The van der Waals surface area contributed by atoms with E-state index >= 15 is 0 Å². The highest BCUT2D eigenvalue weighted by molar-refractivity contribution is 5.89. The Labute approximate surface area is 192 Å². The highest BCUT2D eigenvalue weighted by atomic mass is 16.6. The lowest BCUT2D eigenvalue weighted by Crippen LogP contribution is -2.74. The molecule has 3 aliphatic rings. The van der Waals surface area contributed by atoms with Crippen LogP contribution in [0.1, 0.15) is 74.1 Å².